The molecule has 1 aliphatic carbocycles. The van der Waals surface area contributed by atoms with Gasteiger partial charge in [0.1, 0.15) is 5.52 Å². The molecule has 9 nitrogen and oxygen atoms in total. The molecule has 1 saturated carbocycles. The number of nitrogens with zero attached hydrogens (tertiary/aromatic N) is 4. The zero-order valence-corrected chi connectivity index (χ0v) is 18.8. The van der Waals surface area contributed by atoms with E-state index < -0.39 is 10.0 Å². The summed E-state index contributed by atoms with van der Waals surface area (Å²) in [5.74, 6) is 0.813. The average molecular weight is 476 g/mol. The van der Waals surface area contributed by atoms with Crippen molar-refractivity contribution in [1.29, 1.82) is 0 Å². The van der Waals surface area contributed by atoms with Crippen molar-refractivity contribution in [2.45, 2.75) is 37.9 Å². The molecule has 1 aliphatic rings. The van der Waals surface area contributed by atoms with E-state index in [2.05, 4.69) is 24.7 Å². The first-order valence-corrected chi connectivity index (χ1v) is 12.3. The lowest BCUT2D eigenvalue weighted by Crippen LogP contribution is -2.26. The van der Waals surface area contributed by atoms with Gasteiger partial charge in [0.15, 0.2) is 5.75 Å². The molecule has 0 radical (unpaired) electrons. The first kappa shape index (κ1) is 22.4. The molecule has 2 N–H and O–H groups in total. The second-order valence-corrected chi connectivity index (χ2v) is 9.70. The largest absolute Gasteiger partial charge is 0.487 e. The maximum Gasteiger partial charge on any atom is 0.250 e. The molecule has 0 saturated heterocycles. The lowest BCUT2D eigenvalue weighted by Gasteiger charge is -2.26. The molecule has 11 heteroatoms. The number of halogens is 1. The molecular formula is C21H22ClN5O4S. The third kappa shape index (κ3) is 5.70. The molecule has 0 bridgehead atoms. The van der Waals surface area contributed by atoms with Crippen molar-refractivity contribution in [1.82, 2.24) is 15.0 Å². The molecule has 1 fully saturated rings. The number of sulfonamides is 1. The van der Waals surface area contributed by atoms with Crippen LogP contribution in [0.25, 0.3) is 10.9 Å². The van der Waals surface area contributed by atoms with Crippen LogP contribution in [0, 0.1) is 0 Å². The number of benzene rings is 1. The highest BCUT2D eigenvalue weighted by Gasteiger charge is 2.23. The molecular weight excluding hydrogens is 454 g/mol. The molecule has 4 rings (SSSR count). The van der Waals surface area contributed by atoms with Crippen molar-refractivity contribution in [3.63, 3.8) is 0 Å². The van der Waals surface area contributed by atoms with Gasteiger partial charge in [-0.1, -0.05) is 11.6 Å². The quantitative estimate of drug-likeness (QED) is 0.519. The number of pyridine rings is 1. The molecule has 0 atom stereocenters. The SMILES string of the molecule is CS(=O)(=O)N=Cc1cc(Nc2ncc3ccc(Cl)c(O[C@H]4CC[C@@H](O)CC4)c3n2)ccn1. The Morgan fingerprint density at radius 2 is 2.00 bits per heavy atom. The fourth-order valence-corrected chi connectivity index (χ4v) is 3.92. The van der Waals surface area contributed by atoms with Gasteiger partial charge in [-0.3, -0.25) is 4.98 Å². The van der Waals surface area contributed by atoms with Gasteiger partial charge in [0, 0.05) is 23.5 Å². The number of aliphatic hydroxyl groups excluding tert-OH is 1. The van der Waals surface area contributed by atoms with Crippen molar-refractivity contribution < 1.29 is 18.3 Å². The Bertz CT molecular complexity index is 1260. The van der Waals surface area contributed by atoms with Crippen LogP contribution in [-0.2, 0) is 10.0 Å². The Hall–Kier alpha value is -2.82. The molecule has 0 unspecified atom stereocenters. The number of anilines is 2. The molecule has 0 amide bonds. The van der Waals surface area contributed by atoms with E-state index in [0.717, 1.165) is 24.5 Å². The van der Waals surface area contributed by atoms with Crippen molar-refractivity contribution in [2.75, 3.05) is 11.6 Å². The highest BCUT2D eigenvalue weighted by atomic mass is 35.5. The highest BCUT2D eigenvalue weighted by Crippen LogP contribution is 2.35. The Labute approximate surface area is 190 Å². The van der Waals surface area contributed by atoms with E-state index in [1.807, 2.05) is 6.07 Å². The van der Waals surface area contributed by atoms with Gasteiger partial charge in [0.05, 0.1) is 35.4 Å². The zero-order chi connectivity index (χ0) is 22.7. The van der Waals surface area contributed by atoms with Crippen LogP contribution in [0.2, 0.25) is 5.02 Å². The third-order valence-corrected chi connectivity index (χ3v) is 5.79. The number of aliphatic hydroxyl groups is 1. The number of hydrogen-bond donors (Lipinski definition) is 2. The summed E-state index contributed by atoms with van der Waals surface area (Å²) in [6, 6.07) is 6.91. The minimum atomic E-state index is -3.50. The summed E-state index contributed by atoms with van der Waals surface area (Å²) < 4.78 is 32.1. The first-order chi connectivity index (χ1) is 15.3. The van der Waals surface area contributed by atoms with Gasteiger partial charge in [-0.15, -0.1) is 0 Å². The highest BCUT2D eigenvalue weighted by molar-refractivity contribution is 7.89. The van der Waals surface area contributed by atoms with Crippen LogP contribution in [0.1, 0.15) is 31.4 Å². The molecule has 0 spiro atoms. The van der Waals surface area contributed by atoms with Crippen LogP contribution in [0.3, 0.4) is 0 Å². The van der Waals surface area contributed by atoms with Gasteiger partial charge in [-0.25, -0.2) is 18.4 Å². The Morgan fingerprint density at radius 3 is 2.75 bits per heavy atom. The van der Waals surface area contributed by atoms with Crippen molar-refractivity contribution in [3.8, 4) is 5.75 Å². The van der Waals surface area contributed by atoms with Gasteiger partial charge in [-0.05, 0) is 49.9 Å². The van der Waals surface area contributed by atoms with Crippen LogP contribution in [0.4, 0.5) is 11.6 Å². The molecule has 2 aromatic heterocycles. The number of hydrogen-bond acceptors (Lipinski definition) is 8. The second-order valence-electron chi connectivity index (χ2n) is 7.62. The summed E-state index contributed by atoms with van der Waals surface area (Å²) in [4.78, 5) is 13.0. The normalized spacial score (nSPS) is 19.3. The maximum atomic E-state index is 11.2. The summed E-state index contributed by atoms with van der Waals surface area (Å²) in [7, 11) is -3.50. The van der Waals surface area contributed by atoms with E-state index in [1.54, 1.807) is 24.4 Å². The van der Waals surface area contributed by atoms with Crippen LogP contribution in [-0.4, -0.2) is 53.2 Å². The predicted octanol–water partition coefficient (Wildman–Crippen LogP) is 3.48. The smallest absolute Gasteiger partial charge is 0.250 e. The van der Waals surface area contributed by atoms with Crippen molar-refractivity contribution in [2.24, 2.45) is 4.40 Å². The monoisotopic (exact) mass is 475 g/mol. The van der Waals surface area contributed by atoms with Gasteiger partial charge < -0.3 is 15.2 Å². The van der Waals surface area contributed by atoms with Gasteiger partial charge in [0.2, 0.25) is 16.0 Å². The van der Waals surface area contributed by atoms with Crippen LogP contribution in [0.5, 0.6) is 5.75 Å². The molecule has 32 heavy (non-hydrogen) atoms. The summed E-state index contributed by atoms with van der Waals surface area (Å²) >= 11 is 6.43. The lowest BCUT2D eigenvalue weighted by atomic mass is 9.95. The van der Waals surface area contributed by atoms with E-state index >= 15 is 0 Å². The standard InChI is InChI=1S/C21H22ClN5O4S/c1-32(29,30)25-12-15-10-14(8-9-23-15)26-21-24-11-13-2-7-18(22)20(19(13)27-21)31-17-5-3-16(28)4-6-17/h2,7-12,16-17,28H,3-6H2,1H3,(H,23,24,26,27)/t16-,17+. The molecule has 2 heterocycles. The Morgan fingerprint density at radius 1 is 1.22 bits per heavy atom. The molecule has 0 aliphatic heterocycles. The maximum absolute atomic E-state index is 11.2. The Balaban J connectivity index is 1.60. The summed E-state index contributed by atoms with van der Waals surface area (Å²) in [6.07, 6.45) is 7.96. The number of rotatable bonds is 6. The fraction of sp³-hybridized carbons (Fsp3) is 0.333. The average Bonchev–Trinajstić information content (AvgIpc) is 2.76. The Kier molecular flexibility index (Phi) is 6.54. The minimum absolute atomic E-state index is 0.0373. The van der Waals surface area contributed by atoms with E-state index in [0.29, 0.717) is 46.5 Å². The third-order valence-electron chi connectivity index (χ3n) is 5.00. The summed E-state index contributed by atoms with van der Waals surface area (Å²) in [5.41, 5.74) is 1.56. The van der Waals surface area contributed by atoms with Crippen LogP contribution < -0.4 is 10.1 Å². The van der Waals surface area contributed by atoms with Crippen molar-refractivity contribution >= 4 is 50.4 Å². The van der Waals surface area contributed by atoms with Crippen LogP contribution >= 0.6 is 11.6 Å². The van der Waals surface area contributed by atoms with E-state index in [9.17, 15) is 13.5 Å². The topological polar surface area (TPSA) is 127 Å². The van der Waals surface area contributed by atoms with Gasteiger partial charge in [-0.2, -0.15) is 4.40 Å². The zero-order valence-electron chi connectivity index (χ0n) is 17.3. The summed E-state index contributed by atoms with van der Waals surface area (Å²) in [5, 5.41) is 14.1. The fourth-order valence-electron chi connectivity index (χ4n) is 3.42. The first-order valence-electron chi connectivity index (χ1n) is 10.1. The second kappa shape index (κ2) is 9.35. The van der Waals surface area contributed by atoms with E-state index in [4.69, 9.17) is 16.3 Å². The number of nitrogens with one attached hydrogen (secondary N) is 1. The van der Waals surface area contributed by atoms with Gasteiger partial charge >= 0.3 is 0 Å². The predicted molar refractivity (Wildman–Crippen MR) is 123 cm³/mol. The molecule has 3 aromatic rings. The number of ether oxygens (including phenoxy) is 1. The van der Waals surface area contributed by atoms with Crippen molar-refractivity contribution in [3.05, 3.63) is 47.4 Å². The number of aromatic nitrogens is 3. The number of fused-ring (bicyclic) bond motifs is 1. The van der Waals surface area contributed by atoms with E-state index in [-0.39, 0.29) is 12.2 Å². The molecule has 168 valence electrons. The van der Waals surface area contributed by atoms with Gasteiger partial charge in [0.25, 0.3) is 0 Å². The summed E-state index contributed by atoms with van der Waals surface area (Å²) in [6.45, 7) is 0. The lowest BCUT2D eigenvalue weighted by molar-refractivity contribution is 0.0673. The molecule has 1 aromatic carbocycles. The minimum Gasteiger partial charge on any atom is -0.487 e. The van der Waals surface area contributed by atoms with Crippen LogP contribution in [0.15, 0.2) is 41.1 Å². The van der Waals surface area contributed by atoms with E-state index in [1.165, 1.54) is 12.4 Å².